The maximum absolute atomic E-state index is 13.5. The number of nitrogens with zero attached hydrogens (tertiary/aromatic N) is 2. The molecule has 0 aliphatic carbocycles. The molecule has 1 atom stereocenters. The Hall–Kier alpha value is -3.74. The molecule has 7 heteroatoms. The van der Waals surface area contributed by atoms with Crippen LogP contribution in [0.3, 0.4) is 0 Å². The number of benzene rings is 2. The molecule has 1 unspecified atom stereocenters. The van der Waals surface area contributed by atoms with Crippen molar-refractivity contribution in [1.29, 1.82) is 0 Å². The van der Waals surface area contributed by atoms with E-state index in [1.54, 1.807) is 36.8 Å². The number of aromatic nitrogens is 2. The molecule has 0 spiro atoms. The summed E-state index contributed by atoms with van der Waals surface area (Å²) in [5.74, 6) is -2.41. The van der Waals surface area contributed by atoms with Crippen molar-refractivity contribution in [2.45, 2.75) is 25.9 Å². The molecule has 3 aromatic rings. The van der Waals surface area contributed by atoms with Gasteiger partial charge < -0.3 is 10.0 Å². The van der Waals surface area contributed by atoms with Crippen molar-refractivity contribution in [3.63, 3.8) is 0 Å². The van der Waals surface area contributed by atoms with E-state index in [-0.39, 0.29) is 12.1 Å². The Morgan fingerprint density at radius 2 is 1.84 bits per heavy atom. The molecule has 158 valence electrons. The Labute approximate surface area is 179 Å². The second kappa shape index (κ2) is 8.55. The summed E-state index contributed by atoms with van der Waals surface area (Å²) in [6, 6.07) is 11.6. The predicted molar refractivity (Wildman–Crippen MR) is 110 cm³/mol. The summed E-state index contributed by atoms with van der Waals surface area (Å²) in [6.07, 6.45) is 6.04. The first-order valence-electron chi connectivity index (χ1n) is 10.1. The van der Waals surface area contributed by atoms with E-state index in [9.17, 15) is 19.1 Å². The lowest BCUT2D eigenvalue weighted by molar-refractivity contribution is -0.695. The average Bonchev–Trinajstić information content (AvgIpc) is 3.37. The number of imidazole rings is 1. The number of rotatable bonds is 6. The van der Waals surface area contributed by atoms with Gasteiger partial charge in [-0.2, -0.15) is 0 Å². The summed E-state index contributed by atoms with van der Waals surface area (Å²) in [6.45, 7) is 2.82. The van der Waals surface area contributed by atoms with Crippen LogP contribution < -0.4 is 9.67 Å². The summed E-state index contributed by atoms with van der Waals surface area (Å²) < 4.78 is 15.4. The van der Waals surface area contributed by atoms with E-state index in [2.05, 4.69) is 4.98 Å². The van der Waals surface area contributed by atoms with Crippen molar-refractivity contribution in [2.75, 3.05) is 6.54 Å². The molecular weight excluding hydrogens is 397 g/mol. The number of halogens is 1. The van der Waals surface area contributed by atoms with Crippen molar-refractivity contribution >= 4 is 17.4 Å². The third-order valence-corrected chi connectivity index (χ3v) is 5.45. The van der Waals surface area contributed by atoms with Gasteiger partial charge in [-0.05, 0) is 30.2 Å². The topological polar surface area (TPSA) is 80.1 Å². The summed E-state index contributed by atoms with van der Waals surface area (Å²) in [4.78, 5) is 30.1. The van der Waals surface area contributed by atoms with Gasteiger partial charge in [0.05, 0.1) is 12.6 Å². The minimum atomic E-state index is -0.842. The fourth-order valence-corrected chi connectivity index (χ4v) is 3.84. The zero-order chi connectivity index (χ0) is 22.0. The van der Waals surface area contributed by atoms with Crippen LogP contribution in [0.4, 0.5) is 4.39 Å². The van der Waals surface area contributed by atoms with Crippen LogP contribution >= 0.6 is 0 Å². The molecule has 1 aliphatic rings. The van der Waals surface area contributed by atoms with Gasteiger partial charge >= 0.3 is 0 Å². The van der Waals surface area contributed by atoms with Gasteiger partial charge in [-0.1, -0.05) is 47.7 Å². The summed E-state index contributed by atoms with van der Waals surface area (Å²) >= 11 is 0. The van der Waals surface area contributed by atoms with Gasteiger partial charge in [0.25, 0.3) is 5.91 Å². The Bertz CT molecular complexity index is 1120. The fourth-order valence-electron chi connectivity index (χ4n) is 3.84. The Morgan fingerprint density at radius 1 is 1.13 bits per heavy atom. The number of aromatic amines is 1. The lowest BCUT2D eigenvalue weighted by Gasteiger charge is -2.27. The minimum absolute atomic E-state index is 0.0882. The zero-order valence-electron chi connectivity index (χ0n) is 17.0. The quantitative estimate of drug-likeness (QED) is 0.288. The first-order chi connectivity index (χ1) is 15.0. The highest BCUT2D eigenvalue weighted by molar-refractivity contribution is 6.46. The largest absolute Gasteiger partial charge is 0.872 e. The number of hydrogen-bond acceptors (Lipinski definition) is 3. The van der Waals surface area contributed by atoms with Gasteiger partial charge in [0.2, 0.25) is 12.1 Å². The predicted octanol–water partition coefficient (Wildman–Crippen LogP) is 2.06. The van der Waals surface area contributed by atoms with Crippen LogP contribution in [0.25, 0.3) is 5.76 Å². The van der Waals surface area contributed by atoms with Gasteiger partial charge in [0.15, 0.2) is 0 Å². The molecule has 1 aliphatic heterocycles. The molecule has 31 heavy (non-hydrogen) atoms. The van der Waals surface area contributed by atoms with Crippen molar-refractivity contribution in [2.24, 2.45) is 0 Å². The zero-order valence-corrected chi connectivity index (χ0v) is 17.0. The highest BCUT2D eigenvalue weighted by Gasteiger charge is 2.43. The Balaban J connectivity index is 1.72. The van der Waals surface area contributed by atoms with Crippen LogP contribution in [-0.2, 0) is 16.1 Å². The summed E-state index contributed by atoms with van der Waals surface area (Å²) in [5, 5.41) is 13.3. The molecular formula is C24H22FN3O3. The van der Waals surface area contributed by atoms with Gasteiger partial charge in [-0.15, -0.1) is 0 Å². The van der Waals surface area contributed by atoms with E-state index in [1.807, 2.05) is 17.7 Å². The molecule has 6 nitrogen and oxygen atoms in total. The molecule has 1 saturated heterocycles. The maximum Gasteiger partial charge on any atom is 0.295 e. The van der Waals surface area contributed by atoms with E-state index in [1.165, 1.54) is 29.2 Å². The number of amides is 1. The summed E-state index contributed by atoms with van der Waals surface area (Å²) in [5.41, 5.74) is 1.77. The van der Waals surface area contributed by atoms with Crippen LogP contribution in [0, 0.1) is 12.7 Å². The summed E-state index contributed by atoms with van der Waals surface area (Å²) in [7, 11) is 0. The highest BCUT2D eigenvalue weighted by Crippen LogP contribution is 2.38. The van der Waals surface area contributed by atoms with Crippen molar-refractivity contribution in [3.8, 4) is 0 Å². The second-order valence-corrected chi connectivity index (χ2v) is 7.59. The van der Waals surface area contributed by atoms with E-state index in [0.29, 0.717) is 24.1 Å². The number of hydrogen-bond donors (Lipinski definition) is 1. The van der Waals surface area contributed by atoms with Gasteiger partial charge in [-0.25, -0.2) is 8.96 Å². The third-order valence-electron chi connectivity index (χ3n) is 5.45. The number of Topliss-reactive ketones (excluding diaryl/α,β-unsaturated/α-hetero) is 1. The number of H-pyrrole nitrogens is 1. The van der Waals surface area contributed by atoms with Crippen molar-refractivity contribution in [1.82, 2.24) is 9.88 Å². The second-order valence-electron chi connectivity index (χ2n) is 7.59. The molecule has 4 rings (SSSR count). The maximum atomic E-state index is 13.5. The molecule has 1 amide bonds. The van der Waals surface area contributed by atoms with E-state index < -0.39 is 29.3 Å². The van der Waals surface area contributed by atoms with E-state index in [0.717, 1.165) is 5.56 Å². The molecule has 2 aromatic carbocycles. The highest BCUT2D eigenvalue weighted by atomic mass is 19.1. The van der Waals surface area contributed by atoms with Crippen LogP contribution in [0.1, 0.15) is 29.2 Å². The van der Waals surface area contributed by atoms with Crippen LogP contribution in [-0.4, -0.2) is 28.1 Å². The third kappa shape index (κ3) is 4.12. The van der Waals surface area contributed by atoms with Crippen molar-refractivity contribution in [3.05, 3.63) is 95.3 Å². The lowest BCUT2D eigenvalue weighted by atomic mass is 9.95. The molecule has 0 radical (unpaired) electrons. The standard InChI is InChI=1S/C24H22FN3O3/c1-16-3-5-18(6-4-16)22(29)20-21(17-7-9-19(25)10-8-17)28(24(31)23(20)30)13-2-12-27-14-11-26-15-27/h3-11,14-15,21H,2,12-13H2,1H3,(H,29,30). The molecule has 0 saturated carbocycles. The first kappa shape index (κ1) is 20.5. The smallest absolute Gasteiger partial charge is 0.295 e. The number of nitrogens with one attached hydrogen (secondary N) is 1. The van der Waals surface area contributed by atoms with Crippen LogP contribution in [0.15, 0.2) is 72.8 Å². The number of aryl methyl sites for hydroxylation is 2. The van der Waals surface area contributed by atoms with Gasteiger partial charge in [-0.3, -0.25) is 14.6 Å². The monoisotopic (exact) mass is 419 g/mol. The SMILES string of the molecule is Cc1ccc(C([O-])=C2C(=O)C(=O)N(CCC[n+]3cc[nH]c3)C2c2ccc(F)cc2)cc1. The van der Waals surface area contributed by atoms with Crippen LogP contribution in [0.5, 0.6) is 0 Å². The number of likely N-dealkylation sites (tertiary alicyclic amines) is 1. The average molecular weight is 419 g/mol. The van der Waals surface area contributed by atoms with Gasteiger partial charge in [0, 0.05) is 18.5 Å². The van der Waals surface area contributed by atoms with E-state index >= 15 is 0 Å². The molecule has 1 N–H and O–H groups in total. The van der Waals surface area contributed by atoms with Crippen LogP contribution in [0.2, 0.25) is 0 Å². The first-order valence-corrected chi connectivity index (χ1v) is 10.1. The molecule has 2 heterocycles. The van der Waals surface area contributed by atoms with Crippen molar-refractivity contribution < 1.29 is 23.7 Å². The molecule has 0 bridgehead atoms. The molecule has 1 aromatic heterocycles. The minimum Gasteiger partial charge on any atom is -0.872 e. The number of carbonyl (C=O) groups is 2. The number of ketones is 1. The Morgan fingerprint density at radius 3 is 2.48 bits per heavy atom. The molecule has 1 fully saturated rings. The Kier molecular flexibility index (Phi) is 5.66. The van der Waals surface area contributed by atoms with E-state index in [4.69, 9.17) is 0 Å². The van der Waals surface area contributed by atoms with Gasteiger partial charge in [0.1, 0.15) is 18.2 Å². The fraction of sp³-hybridized carbons (Fsp3) is 0.208. The lowest BCUT2D eigenvalue weighted by Crippen LogP contribution is -2.36. The normalized spacial score (nSPS) is 18.0. The number of carbonyl (C=O) groups excluding carboxylic acids is 2.